The van der Waals surface area contributed by atoms with E-state index in [4.69, 9.17) is 11.6 Å². The summed E-state index contributed by atoms with van der Waals surface area (Å²) in [7, 11) is 0. The van der Waals surface area contributed by atoms with Crippen LogP contribution in [0.3, 0.4) is 0 Å². The molecule has 3 heteroatoms. The molecule has 0 saturated carbocycles. The van der Waals surface area contributed by atoms with Gasteiger partial charge >= 0.3 is 0 Å². The molecule has 0 amide bonds. The van der Waals surface area contributed by atoms with Crippen LogP contribution in [-0.4, -0.2) is 10.9 Å². The van der Waals surface area contributed by atoms with E-state index in [1.165, 1.54) is 11.1 Å². The molecule has 0 radical (unpaired) electrons. The van der Waals surface area contributed by atoms with Crippen LogP contribution in [0.1, 0.15) is 22.7 Å². The number of alkyl halides is 1. The largest absolute Gasteiger partial charge is 0.260 e. The summed E-state index contributed by atoms with van der Waals surface area (Å²) in [6, 6.07) is 12.6. The lowest BCUT2D eigenvalue weighted by atomic mass is 9.94. The average Bonchev–Trinajstić information content (AvgIpc) is 2.38. The summed E-state index contributed by atoms with van der Waals surface area (Å²) in [5.41, 5.74) is 3.63. The van der Waals surface area contributed by atoms with Gasteiger partial charge in [-0.3, -0.25) is 4.98 Å². The predicted octanol–water partition coefficient (Wildman–Crippen LogP) is 4.72. The van der Waals surface area contributed by atoms with E-state index < -0.39 is 0 Å². The van der Waals surface area contributed by atoms with Gasteiger partial charge in [0, 0.05) is 28.2 Å². The summed E-state index contributed by atoms with van der Waals surface area (Å²) >= 11 is 9.49. The number of nitrogens with zero attached hydrogens (tertiary/aromatic N) is 1. The number of pyridine rings is 1. The zero-order valence-corrected chi connectivity index (χ0v) is 12.6. The predicted molar refractivity (Wildman–Crippen MR) is 80.3 cm³/mol. The van der Waals surface area contributed by atoms with E-state index in [1.807, 2.05) is 18.3 Å². The molecule has 94 valence electrons. The van der Waals surface area contributed by atoms with Crippen molar-refractivity contribution in [2.24, 2.45) is 0 Å². The fraction of sp³-hybridized carbons (Fsp3) is 0.267. The quantitative estimate of drug-likeness (QED) is 0.742. The van der Waals surface area contributed by atoms with E-state index in [0.717, 1.165) is 16.6 Å². The lowest BCUT2D eigenvalue weighted by molar-refractivity contribution is 0.746. The maximum Gasteiger partial charge on any atom is 0.0413 e. The molecule has 2 rings (SSSR count). The second-order valence-corrected chi connectivity index (χ2v) is 5.66. The Morgan fingerprint density at radius 2 is 2.11 bits per heavy atom. The fourth-order valence-corrected chi connectivity index (χ4v) is 2.49. The molecule has 0 aliphatic heterocycles. The molecule has 1 heterocycles. The molecule has 0 aliphatic rings. The van der Waals surface area contributed by atoms with Crippen molar-refractivity contribution in [1.29, 1.82) is 0 Å². The standard InChI is InChI=1S/C15H15BrClN/c1-11-3-2-4-12(7-11)13(9-17)8-15-6-5-14(16)10-18-15/h2-7,10,13H,8-9H2,1H3. The van der Waals surface area contributed by atoms with Crippen LogP contribution in [0.4, 0.5) is 0 Å². The number of hydrogen-bond acceptors (Lipinski definition) is 1. The third-order valence-electron chi connectivity index (χ3n) is 2.94. The van der Waals surface area contributed by atoms with Crippen molar-refractivity contribution in [3.8, 4) is 0 Å². The lowest BCUT2D eigenvalue weighted by Crippen LogP contribution is -2.06. The molecule has 0 bridgehead atoms. The molecule has 0 fully saturated rings. The van der Waals surface area contributed by atoms with E-state index >= 15 is 0 Å². The summed E-state index contributed by atoms with van der Waals surface area (Å²) in [5.74, 6) is 0.932. The third-order valence-corrected chi connectivity index (χ3v) is 3.79. The van der Waals surface area contributed by atoms with Gasteiger partial charge in [-0.05, 0) is 47.0 Å². The summed E-state index contributed by atoms with van der Waals surface area (Å²) in [6.45, 7) is 2.10. The first-order valence-corrected chi connectivity index (χ1v) is 7.25. The van der Waals surface area contributed by atoms with Gasteiger partial charge in [0.1, 0.15) is 0 Å². The van der Waals surface area contributed by atoms with Crippen LogP contribution in [0.15, 0.2) is 47.1 Å². The number of aryl methyl sites for hydroxylation is 1. The maximum atomic E-state index is 6.10. The fourth-order valence-electron chi connectivity index (χ4n) is 1.97. The van der Waals surface area contributed by atoms with Crippen molar-refractivity contribution in [2.45, 2.75) is 19.3 Å². The Balaban J connectivity index is 2.17. The minimum atomic E-state index is 0.320. The normalized spacial score (nSPS) is 12.4. The zero-order chi connectivity index (χ0) is 13.0. The first-order valence-electron chi connectivity index (χ1n) is 5.92. The Bertz CT molecular complexity index is 510. The SMILES string of the molecule is Cc1cccc(C(CCl)Cc2ccc(Br)cn2)c1. The molecule has 1 aromatic heterocycles. The molecule has 1 aromatic carbocycles. The van der Waals surface area contributed by atoms with Crippen molar-refractivity contribution in [2.75, 3.05) is 5.88 Å². The Kier molecular flexibility index (Phi) is 4.79. The molecular weight excluding hydrogens is 310 g/mol. The smallest absolute Gasteiger partial charge is 0.0413 e. The minimum absolute atomic E-state index is 0.320. The van der Waals surface area contributed by atoms with Crippen LogP contribution < -0.4 is 0 Å². The minimum Gasteiger partial charge on any atom is -0.260 e. The molecule has 1 unspecified atom stereocenters. The van der Waals surface area contributed by atoms with Crippen molar-refractivity contribution in [1.82, 2.24) is 4.98 Å². The van der Waals surface area contributed by atoms with Gasteiger partial charge in [-0.1, -0.05) is 29.8 Å². The molecule has 0 saturated heterocycles. The van der Waals surface area contributed by atoms with Crippen LogP contribution in [0.5, 0.6) is 0 Å². The monoisotopic (exact) mass is 323 g/mol. The molecule has 0 aliphatic carbocycles. The molecule has 0 spiro atoms. The molecule has 2 aromatic rings. The van der Waals surface area contributed by atoms with Gasteiger partial charge in [0.25, 0.3) is 0 Å². The molecule has 0 N–H and O–H groups in total. The highest BCUT2D eigenvalue weighted by molar-refractivity contribution is 9.10. The van der Waals surface area contributed by atoms with Gasteiger partial charge in [0.2, 0.25) is 0 Å². The average molecular weight is 325 g/mol. The Labute approximate surface area is 121 Å². The van der Waals surface area contributed by atoms with Gasteiger partial charge in [-0.2, -0.15) is 0 Å². The van der Waals surface area contributed by atoms with Crippen LogP contribution in [0.25, 0.3) is 0 Å². The second-order valence-electron chi connectivity index (χ2n) is 4.44. The number of benzene rings is 1. The highest BCUT2D eigenvalue weighted by Crippen LogP contribution is 2.23. The van der Waals surface area contributed by atoms with Crippen molar-refractivity contribution >= 4 is 27.5 Å². The third kappa shape index (κ3) is 3.56. The first-order chi connectivity index (χ1) is 8.69. The molecule has 1 atom stereocenters. The highest BCUT2D eigenvalue weighted by Gasteiger charge is 2.12. The van der Waals surface area contributed by atoms with E-state index in [0.29, 0.717) is 11.8 Å². The van der Waals surface area contributed by atoms with Crippen molar-refractivity contribution in [3.05, 3.63) is 63.9 Å². The van der Waals surface area contributed by atoms with E-state index in [-0.39, 0.29) is 0 Å². The Morgan fingerprint density at radius 3 is 2.72 bits per heavy atom. The van der Waals surface area contributed by atoms with Gasteiger partial charge in [0.05, 0.1) is 0 Å². The molecule has 18 heavy (non-hydrogen) atoms. The maximum absolute atomic E-state index is 6.10. The Morgan fingerprint density at radius 1 is 1.28 bits per heavy atom. The van der Waals surface area contributed by atoms with Gasteiger partial charge in [-0.15, -0.1) is 11.6 Å². The van der Waals surface area contributed by atoms with Gasteiger partial charge in [-0.25, -0.2) is 0 Å². The van der Waals surface area contributed by atoms with Crippen LogP contribution >= 0.6 is 27.5 Å². The lowest BCUT2D eigenvalue weighted by Gasteiger charge is -2.14. The number of aromatic nitrogens is 1. The zero-order valence-electron chi connectivity index (χ0n) is 10.2. The second kappa shape index (κ2) is 6.35. The number of rotatable bonds is 4. The van der Waals surface area contributed by atoms with E-state index in [9.17, 15) is 0 Å². The van der Waals surface area contributed by atoms with Crippen molar-refractivity contribution < 1.29 is 0 Å². The van der Waals surface area contributed by atoms with Crippen LogP contribution in [-0.2, 0) is 6.42 Å². The van der Waals surface area contributed by atoms with E-state index in [1.54, 1.807) is 0 Å². The van der Waals surface area contributed by atoms with E-state index in [2.05, 4.69) is 52.1 Å². The van der Waals surface area contributed by atoms with Gasteiger partial charge in [0.15, 0.2) is 0 Å². The number of hydrogen-bond donors (Lipinski definition) is 0. The van der Waals surface area contributed by atoms with Gasteiger partial charge < -0.3 is 0 Å². The summed E-state index contributed by atoms with van der Waals surface area (Å²) in [5, 5.41) is 0. The molecule has 1 nitrogen and oxygen atoms in total. The first kappa shape index (κ1) is 13.6. The summed E-state index contributed by atoms with van der Waals surface area (Å²) < 4.78 is 1.00. The van der Waals surface area contributed by atoms with Crippen molar-refractivity contribution in [3.63, 3.8) is 0 Å². The summed E-state index contributed by atoms with van der Waals surface area (Å²) in [6.07, 6.45) is 2.71. The number of halogens is 2. The molecular formula is C15H15BrClN. The topological polar surface area (TPSA) is 12.9 Å². The summed E-state index contributed by atoms with van der Waals surface area (Å²) in [4.78, 5) is 4.41. The van der Waals surface area contributed by atoms with Crippen LogP contribution in [0, 0.1) is 6.92 Å². The highest BCUT2D eigenvalue weighted by atomic mass is 79.9. The Hall–Kier alpha value is -0.860. The van der Waals surface area contributed by atoms with Crippen LogP contribution in [0.2, 0.25) is 0 Å².